The standard InChI is InChI=1S/C9H12BrNS/c10-8-4-2-1-3-7(8)9-5-6-12-11-9/h5-8H,1-4H2. The summed E-state index contributed by atoms with van der Waals surface area (Å²) in [6.45, 7) is 0. The van der Waals surface area contributed by atoms with Gasteiger partial charge in [-0.15, -0.1) is 0 Å². The topological polar surface area (TPSA) is 12.9 Å². The van der Waals surface area contributed by atoms with Gasteiger partial charge in [-0.2, -0.15) is 4.37 Å². The molecule has 1 aromatic rings. The van der Waals surface area contributed by atoms with Crippen LogP contribution in [0.15, 0.2) is 11.4 Å². The smallest absolute Gasteiger partial charge is 0.0584 e. The van der Waals surface area contributed by atoms with E-state index in [0.717, 1.165) is 0 Å². The van der Waals surface area contributed by atoms with Crippen LogP contribution in [0.5, 0.6) is 0 Å². The van der Waals surface area contributed by atoms with Gasteiger partial charge in [0, 0.05) is 16.1 Å². The van der Waals surface area contributed by atoms with Crippen molar-refractivity contribution in [3.8, 4) is 0 Å². The molecule has 1 heterocycles. The molecular weight excluding hydrogens is 234 g/mol. The fourth-order valence-electron chi connectivity index (χ4n) is 1.83. The quantitative estimate of drug-likeness (QED) is 0.690. The Labute approximate surface area is 85.5 Å². The average Bonchev–Trinajstić information content (AvgIpc) is 2.57. The van der Waals surface area contributed by atoms with Crippen molar-refractivity contribution in [3.63, 3.8) is 0 Å². The molecule has 1 aromatic heterocycles. The monoisotopic (exact) mass is 245 g/mol. The third-order valence-electron chi connectivity index (χ3n) is 2.52. The summed E-state index contributed by atoms with van der Waals surface area (Å²) in [7, 11) is 0. The minimum absolute atomic E-state index is 0.661. The number of hydrogen-bond donors (Lipinski definition) is 0. The van der Waals surface area contributed by atoms with Crippen LogP contribution in [-0.2, 0) is 0 Å². The Hall–Kier alpha value is 0.110. The minimum atomic E-state index is 0.661. The van der Waals surface area contributed by atoms with Crippen LogP contribution in [-0.4, -0.2) is 9.20 Å². The third-order valence-corrected chi connectivity index (χ3v) is 4.19. The van der Waals surface area contributed by atoms with Crippen LogP contribution in [0, 0.1) is 0 Å². The Kier molecular flexibility index (Phi) is 2.81. The molecule has 2 unspecified atom stereocenters. The average molecular weight is 246 g/mol. The van der Waals surface area contributed by atoms with E-state index in [1.54, 1.807) is 11.5 Å². The molecule has 1 saturated carbocycles. The van der Waals surface area contributed by atoms with Crippen LogP contribution < -0.4 is 0 Å². The molecule has 0 aromatic carbocycles. The zero-order valence-electron chi connectivity index (χ0n) is 6.87. The highest BCUT2D eigenvalue weighted by Gasteiger charge is 2.25. The van der Waals surface area contributed by atoms with Gasteiger partial charge in [0.1, 0.15) is 0 Å². The van der Waals surface area contributed by atoms with E-state index < -0.39 is 0 Å². The minimum Gasteiger partial charge on any atom is -0.197 e. The van der Waals surface area contributed by atoms with Crippen LogP contribution >= 0.6 is 27.5 Å². The summed E-state index contributed by atoms with van der Waals surface area (Å²) in [5.41, 5.74) is 1.29. The lowest BCUT2D eigenvalue weighted by atomic mass is 9.87. The predicted octanol–water partition coefficient (Wildman–Crippen LogP) is 3.56. The van der Waals surface area contributed by atoms with Gasteiger partial charge in [0.2, 0.25) is 0 Å². The van der Waals surface area contributed by atoms with Gasteiger partial charge in [-0.05, 0) is 30.4 Å². The van der Waals surface area contributed by atoms with E-state index in [9.17, 15) is 0 Å². The van der Waals surface area contributed by atoms with Gasteiger partial charge in [0.25, 0.3) is 0 Å². The van der Waals surface area contributed by atoms with Crippen molar-refractivity contribution in [1.29, 1.82) is 0 Å². The molecule has 1 aliphatic rings. The van der Waals surface area contributed by atoms with Crippen molar-refractivity contribution in [2.75, 3.05) is 0 Å². The van der Waals surface area contributed by atoms with Gasteiger partial charge in [0.05, 0.1) is 5.69 Å². The molecular formula is C9H12BrNS. The van der Waals surface area contributed by atoms with Crippen molar-refractivity contribution in [1.82, 2.24) is 4.37 Å². The lowest BCUT2D eigenvalue weighted by Crippen LogP contribution is -2.17. The molecule has 0 aliphatic heterocycles. The lowest BCUT2D eigenvalue weighted by molar-refractivity contribution is 0.456. The molecule has 0 N–H and O–H groups in total. The maximum absolute atomic E-state index is 4.40. The second kappa shape index (κ2) is 3.88. The third kappa shape index (κ3) is 1.72. The maximum atomic E-state index is 4.40. The molecule has 0 radical (unpaired) electrons. The second-order valence-electron chi connectivity index (χ2n) is 3.33. The maximum Gasteiger partial charge on any atom is 0.0584 e. The van der Waals surface area contributed by atoms with Crippen molar-refractivity contribution in [2.24, 2.45) is 0 Å². The summed E-state index contributed by atoms with van der Waals surface area (Å²) in [6, 6.07) is 2.16. The molecule has 3 heteroatoms. The molecule has 1 fully saturated rings. The molecule has 0 saturated heterocycles. The summed E-state index contributed by atoms with van der Waals surface area (Å²) in [5.74, 6) is 0.671. The number of rotatable bonds is 1. The van der Waals surface area contributed by atoms with Crippen LogP contribution in [0.25, 0.3) is 0 Å². The lowest BCUT2D eigenvalue weighted by Gasteiger charge is -2.25. The Morgan fingerprint density at radius 1 is 1.42 bits per heavy atom. The van der Waals surface area contributed by atoms with Crippen molar-refractivity contribution >= 4 is 27.5 Å². The van der Waals surface area contributed by atoms with Gasteiger partial charge in [-0.1, -0.05) is 28.8 Å². The molecule has 1 aliphatic carbocycles. The zero-order valence-corrected chi connectivity index (χ0v) is 9.27. The van der Waals surface area contributed by atoms with E-state index in [0.29, 0.717) is 10.7 Å². The number of aromatic nitrogens is 1. The number of hydrogen-bond acceptors (Lipinski definition) is 2. The van der Waals surface area contributed by atoms with Crippen LogP contribution in [0.4, 0.5) is 0 Å². The van der Waals surface area contributed by atoms with Crippen LogP contribution in [0.1, 0.15) is 37.3 Å². The fourth-order valence-corrected chi connectivity index (χ4v) is 3.27. The van der Waals surface area contributed by atoms with Crippen molar-refractivity contribution < 1.29 is 0 Å². The highest BCUT2D eigenvalue weighted by molar-refractivity contribution is 9.09. The fraction of sp³-hybridized carbons (Fsp3) is 0.667. The Morgan fingerprint density at radius 2 is 2.25 bits per heavy atom. The molecule has 1 nitrogen and oxygen atoms in total. The van der Waals surface area contributed by atoms with E-state index in [1.807, 2.05) is 0 Å². The second-order valence-corrected chi connectivity index (χ2v) is 5.17. The number of nitrogens with zero attached hydrogens (tertiary/aromatic N) is 1. The van der Waals surface area contributed by atoms with Gasteiger partial charge in [-0.25, -0.2) is 0 Å². The zero-order chi connectivity index (χ0) is 8.39. The number of halogens is 1. The summed E-state index contributed by atoms with van der Waals surface area (Å²) in [4.78, 5) is 0.661. The first-order chi connectivity index (χ1) is 5.88. The molecule has 0 amide bonds. The normalized spacial score (nSPS) is 30.4. The van der Waals surface area contributed by atoms with Crippen LogP contribution in [0.2, 0.25) is 0 Å². The Bertz CT molecular complexity index is 235. The van der Waals surface area contributed by atoms with Crippen molar-refractivity contribution in [2.45, 2.75) is 36.4 Å². The highest BCUT2D eigenvalue weighted by atomic mass is 79.9. The van der Waals surface area contributed by atoms with E-state index in [2.05, 4.69) is 31.7 Å². The summed E-state index contributed by atoms with van der Waals surface area (Å²) < 4.78 is 4.40. The molecule has 2 rings (SSSR count). The molecule has 66 valence electrons. The first kappa shape index (κ1) is 8.70. The van der Waals surface area contributed by atoms with E-state index in [4.69, 9.17) is 0 Å². The van der Waals surface area contributed by atoms with Crippen molar-refractivity contribution in [3.05, 3.63) is 17.1 Å². The number of alkyl halides is 1. The van der Waals surface area contributed by atoms with Gasteiger partial charge in [-0.3, -0.25) is 0 Å². The van der Waals surface area contributed by atoms with Gasteiger partial charge in [0.15, 0.2) is 0 Å². The summed E-state index contributed by atoms with van der Waals surface area (Å²) >= 11 is 5.31. The molecule has 0 spiro atoms. The van der Waals surface area contributed by atoms with Gasteiger partial charge >= 0.3 is 0 Å². The SMILES string of the molecule is BrC1CCCCC1c1ccsn1. The Balaban J connectivity index is 2.11. The first-order valence-corrected chi connectivity index (χ1v) is 6.17. The van der Waals surface area contributed by atoms with Crippen LogP contribution in [0.3, 0.4) is 0 Å². The van der Waals surface area contributed by atoms with E-state index in [-0.39, 0.29) is 0 Å². The Morgan fingerprint density at radius 3 is 2.92 bits per heavy atom. The van der Waals surface area contributed by atoms with Gasteiger partial charge < -0.3 is 0 Å². The molecule has 0 bridgehead atoms. The van der Waals surface area contributed by atoms with E-state index in [1.165, 1.54) is 31.4 Å². The predicted molar refractivity (Wildman–Crippen MR) is 56.0 cm³/mol. The molecule has 12 heavy (non-hydrogen) atoms. The first-order valence-electron chi connectivity index (χ1n) is 4.42. The largest absolute Gasteiger partial charge is 0.197 e. The highest BCUT2D eigenvalue weighted by Crippen LogP contribution is 2.36. The van der Waals surface area contributed by atoms with E-state index >= 15 is 0 Å². The summed E-state index contributed by atoms with van der Waals surface area (Å²) in [6.07, 6.45) is 5.35. The molecule has 2 atom stereocenters. The summed E-state index contributed by atoms with van der Waals surface area (Å²) in [5, 5.41) is 2.07.